The predicted octanol–water partition coefficient (Wildman–Crippen LogP) is 1.59. The van der Waals surface area contributed by atoms with Crippen LogP contribution in [-0.2, 0) is 4.79 Å². The van der Waals surface area contributed by atoms with E-state index in [-0.39, 0.29) is 0 Å². The largest absolute Gasteiger partial charge is 0.494 e. The van der Waals surface area contributed by atoms with Crippen molar-refractivity contribution in [3.05, 3.63) is 29.1 Å². The van der Waals surface area contributed by atoms with Crippen molar-refractivity contribution in [1.82, 2.24) is 0 Å². The molecule has 1 aromatic carbocycles. The highest BCUT2D eigenvalue weighted by Crippen LogP contribution is 2.30. The molecule has 0 heterocycles. The fourth-order valence-electron chi connectivity index (χ4n) is 1.36. The lowest BCUT2D eigenvalue weighted by Gasteiger charge is -2.14. The van der Waals surface area contributed by atoms with Gasteiger partial charge >= 0.3 is 5.97 Å². The minimum atomic E-state index is -1.50. The maximum atomic E-state index is 13.6. The maximum absolute atomic E-state index is 13.6. The maximum Gasteiger partial charge on any atom is 0.305 e. The second-order valence-corrected chi connectivity index (χ2v) is 3.31. The molecule has 1 rings (SSSR count). The molecule has 94 valence electrons. The third-order valence-corrected chi connectivity index (χ3v) is 2.14. The number of carboxylic acid groups (broad SMARTS) is 1. The quantitative estimate of drug-likeness (QED) is 0.795. The SMILES string of the molecule is COc1cc(F)c(F)c(C(N)CC(=O)O)c1F. The van der Waals surface area contributed by atoms with E-state index in [1.165, 1.54) is 0 Å². The first kappa shape index (κ1) is 13.3. The number of methoxy groups -OCH3 is 1. The van der Waals surface area contributed by atoms with E-state index in [0.717, 1.165) is 7.11 Å². The zero-order valence-corrected chi connectivity index (χ0v) is 8.84. The number of hydrogen-bond acceptors (Lipinski definition) is 3. The zero-order chi connectivity index (χ0) is 13.2. The van der Waals surface area contributed by atoms with Crippen LogP contribution in [0.3, 0.4) is 0 Å². The van der Waals surface area contributed by atoms with E-state index >= 15 is 0 Å². The van der Waals surface area contributed by atoms with Crippen LogP contribution in [0, 0.1) is 17.5 Å². The van der Waals surface area contributed by atoms with Crippen LogP contribution in [0.25, 0.3) is 0 Å². The second kappa shape index (κ2) is 5.05. The van der Waals surface area contributed by atoms with Crippen molar-refractivity contribution in [1.29, 1.82) is 0 Å². The molecule has 1 aromatic rings. The highest BCUT2D eigenvalue weighted by Gasteiger charge is 2.25. The van der Waals surface area contributed by atoms with Gasteiger partial charge in [-0.25, -0.2) is 13.2 Å². The van der Waals surface area contributed by atoms with Gasteiger partial charge in [0.1, 0.15) is 0 Å². The Labute approximate surface area is 94.8 Å². The van der Waals surface area contributed by atoms with E-state index < -0.39 is 47.2 Å². The Morgan fingerprint density at radius 3 is 2.53 bits per heavy atom. The molecular formula is C10H10F3NO3. The van der Waals surface area contributed by atoms with Crippen LogP contribution in [0.2, 0.25) is 0 Å². The Balaban J connectivity index is 3.30. The van der Waals surface area contributed by atoms with Gasteiger partial charge in [-0.1, -0.05) is 0 Å². The summed E-state index contributed by atoms with van der Waals surface area (Å²) in [5.74, 6) is -5.92. The molecule has 0 aliphatic rings. The summed E-state index contributed by atoms with van der Waals surface area (Å²) in [5, 5.41) is 8.47. The van der Waals surface area contributed by atoms with Crippen molar-refractivity contribution >= 4 is 5.97 Å². The molecule has 0 fully saturated rings. The number of carbonyl (C=O) groups is 1. The number of hydrogen-bond donors (Lipinski definition) is 2. The summed E-state index contributed by atoms with van der Waals surface area (Å²) in [5.41, 5.74) is 4.48. The van der Waals surface area contributed by atoms with Gasteiger partial charge in [-0.2, -0.15) is 0 Å². The third-order valence-electron chi connectivity index (χ3n) is 2.14. The van der Waals surface area contributed by atoms with E-state index in [0.29, 0.717) is 6.07 Å². The van der Waals surface area contributed by atoms with Crippen LogP contribution in [0.15, 0.2) is 6.07 Å². The molecule has 7 heteroatoms. The highest BCUT2D eigenvalue weighted by atomic mass is 19.2. The first-order valence-corrected chi connectivity index (χ1v) is 4.57. The lowest BCUT2D eigenvalue weighted by molar-refractivity contribution is -0.137. The Bertz CT molecular complexity index is 451. The summed E-state index contributed by atoms with van der Waals surface area (Å²) < 4.78 is 44.5. The van der Waals surface area contributed by atoms with Crippen LogP contribution in [0.5, 0.6) is 5.75 Å². The van der Waals surface area contributed by atoms with Crippen LogP contribution in [-0.4, -0.2) is 18.2 Å². The molecule has 0 saturated heterocycles. The van der Waals surface area contributed by atoms with Crippen LogP contribution in [0.1, 0.15) is 18.0 Å². The Kier molecular flexibility index (Phi) is 3.95. The molecule has 0 aliphatic heterocycles. The molecule has 0 aliphatic carbocycles. The van der Waals surface area contributed by atoms with Gasteiger partial charge < -0.3 is 15.6 Å². The minimum Gasteiger partial charge on any atom is -0.494 e. The average molecular weight is 249 g/mol. The van der Waals surface area contributed by atoms with Gasteiger partial charge in [-0.05, 0) is 0 Å². The Hall–Kier alpha value is -1.76. The van der Waals surface area contributed by atoms with Gasteiger partial charge in [0.15, 0.2) is 23.2 Å². The first-order valence-electron chi connectivity index (χ1n) is 4.57. The molecule has 1 atom stereocenters. The van der Waals surface area contributed by atoms with Crippen molar-refractivity contribution in [3.63, 3.8) is 0 Å². The van der Waals surface area contributed by atoms with Crippen LogP contribution in [0.4, 0.5) is 13.2 Å². The Morgan fingerprint density at radius 2 is 2.06 bits per heavy atom. The number of halogens is 3. The second-order valence-electron chi connectivity index (χ2n) is 3.31. The van der Waals surface area contributed by atoms with E-state index in [1.54, 1.807) is 0 Å². The first-order chi connectivity index (χ1) is 7.88. The van der Waals surface area contributed by atoms with E-state index in [2.05, 4.69) is 4.74 Å². The van der Waals surface area contributed by atoms with Gasteiger partial charge in [0.2, 0.25) is 0 Å². The van der Waals surface area contributed by atoms with Gasteiger partial charge in [0.05, 0.1) is 13.5 Å². The number of benzene rings is 1. The third kappa shape index (κ3) is 2.68. The van der Waals surface area contributed by atoms with E-state index in [4.69, 9.17) is 10.8 Å². The zero-order valence-electron chi connectivity index (χ0n) is 8.84. The van der Waals surface area contributed by atoms with Crippen molar-refractivity contribution in [2.75, 3.05) is 7.11 Å². The lowest BCUT2D eigenvalue weighted by Crippen LogP contribution is -2.19. The van der Waals surface area contributed by atoms with E-state index in [9.17, 15) is 18.0 Å². The summed E-state index contributed by atoms with van der Waals surface area (Å²) in [7, 11) is 1.07. The van der Waals surface area contributed by atoms with Gasteiger partial charge in [-0.15, -0.1) is 0 Å². The van der Waals surface area contributed by atoms with Gasteiger partial charge in [0.25, 0.3) is 0 Å². The normalized spacial score (nSPS) is 12.3. The molecular weight excluding hydrogens is 239 g/mol. The number of rotatable bonds is 4. The molecule has 3 N–H and O–H groups in total. The van der Waals surface area contributed by atoms with Gasteiger partial charge in [0, 0.05) is 17.7 Å². The Morgan fingerprint density at radius 1 is 1.47 bits per heavy atom. The molecule has 0 spiro atoms. The van der Waals surface area contributed by atoms with E-state index in [1.807, 2.05) is 0 Å². The predicted molar refractivity (Wildman–Crippen MR) is 52.0 cm³/mol. The summed E-state index contributed by atoms with van der Waals surface area (Å²) in [6.45, 7) is 0. The van der Waals surface area contributed by atoms with Crippen molar-refractivity contribution in [2.45, 2.75) is 12.5 Å². The summed E-state index contributed by atoms with van der Waals surface area (Å²) in [4.78, 5) is 10.4. The smallest absolute Gasteiger partial charge is 0.305 e. The van der Waals surface area contributed by atoms with Crippen LogP contribution >= 0.6 is 0 Å². The summed E-state index contributed by atoms with van der Waals surface area (Å²) in [6, 6.07) is -0.959. The van der Waals surface area contributed by atoms with Crippen molar-refractivity contribution in [3.8, 4) is 5.75 Å². The molecule has 0 saturated carbocycles. The average Bonchev–Trinajstić information content (AvgIpc) is 2.22. The van der Waals surface area contributed by atoms with Crippen molar-refractivity contribution < 1.29 is 27.8 Å². The fourth-order valence-corrected chi connectivity index (χ4v) is 1.36. The molecule has 0 bridgehead atoms. The number of nitrogens with two attached hydrogens (primary N) is 1. The van der Waals surface area contributed by atoms with Gasteiger partial charge in [-0.3, -0.25) is 4.79 Å². The molecule has 0 radical (unpaired) electrons. The molecule has 4 nitrogen and oxygen atoms in total. The molecule has 0 amide bonds. The standard InChI is InChI=1S/C10H10F3NO3/c1-17-6-2-4(11)9(12)8(10(6)13)5(14)3-7(15)16/h2,5H,3,14H2,1H3,(H,15,16). The number of ether oxygens (including phenoxy) is 1. The van der Waals surface area contributed by atoms with Crippen LogP contribution < -0.4 is 10.5 Å². The number of carboxylic acids is 1. The summed E-state index contributed by atoms with van der Waals surface area (Å²) >= 11 is 0. The molecule has 17 heavy (non-hydrogen) atoms. The van der Waals surface area contributed by atoms with Crippen molar-refractivity contribution in [2.24, 2.45) is 5.73 Å². The topological polar surface area (TPSA) is 72.5 Å². The monoisotopic (exact) mass is 249 g/mol. The highest BCUT2D eigenvalue weighted by molar-refractivity contribution is 5.68. The summed E-state index contributed by atoms with van der Waals surface area (Å²) in [6.07, 6.45) is -0.722. The minimum absolute atomic E-state index is 0.528. The molecule has 0 aromatic heterocycles. The lowest BCUT2D eigenvalue weighted by atomic mass is 10.0. The fraction of sp³-hybridized carbons (Fsp3) is 0.300. The number of aliphatic carboxylic acids is 1. The molecule has 1 unspecified atom stereocenters.